The van der Waals surface area contributed by atoms with Crippen molar-refractivity contribution in [3.63, 3.8) is 0 Å². The zero-order valence-electron chi connectivity index (χ0n) is 11.7. The molecule has 1 aromatic carbocycles. The lowest BCUT2D eigenvalue weighted by Crippen LogP contribution is -2.52. The number of aliphatic hydroxyl groups excluding tert-OH is 1. The molecule has 21 heavy (non-hydrogen) atoms. The van der Waals surface area contributed by atoms with E-state index < -0.39 is 15.9 Å². The van der Waals surface area contributed by atoms with E-state index in [4.69, 9.17) is 0 Å². The number of hydrogen-bond acceptors (Lipinski definition) is 5. The van der Waals surface area contributed by atoms with Crippen LogP contribution in [0.4, 0.5) is 0 Å². The van der Waals surface area contributed by atoms with Gasteiger partial charge in [-0.25, -0.2) is 8.42 Å². The molecule has 0 aromatic heterocycles. The third-order valence-electron chi connectivity index (χ3n) is 3.50. The van der Waals surface area contributed by atoms with Crippen LogP contribution in [0.15, 0.2) is 35.2 Å². The number of hydrogen-bond donors (Lipinski definition) is 3. The van der Waals surface area contributed by atoms with Gasteiger partial charge in [0, 0.05) is 13.0 Å². The van der Waals surface area contributed by atoms with E-state index in [0.29, 0.717) is 13.0 Å². The average molecular weight is 312 g/mol. The Kier molecular flexibility index (Phi) is 5.33. The van der Waals surface area contributed by atoms with Crippen molar-refractivity contribution in [1.29, 1.82) is 0 Å². The van der Waals surface area contributed by atoms with Crippen LogP contribution in [0, 0.1) is 0 Å². The Bertz CT molecular complexity index is 574. The fourth-order valence-corrected chi connectivity index (χ4v) is 3.52. The monoisotopic (exact) mass is 312 g/mol. The van der Waals surface area contributed by atoms with E-state index in [9.17, 15) is 18.3 Å². The van der Waals surface area contributed by atoms with Crippen LogP contribution in [-0.4, -0.2) is 50.4 Å². The van der Waals surface area contributed by atoms with Gasteiger partial charge in [-0.1, -0.05) is 18.2 Å². The van der Waals surface area contributed by atoms with Crippen LogP contribution in [0.25, 0.3) is 0 Å². The molecule has 0 radical (unpaired) electrons. The summed E-state index contributed by atoms with van der Waals surface area (Å²) in [6.07, 6.45) is -0.0971. The molecule has 6 nitrogen and oxygen atoms in total. The average Bonchev–Trinajstić information content (AvgIpc) is 2.49. The van der Waals surface area contributed by atoms with E-state index >= 15 is 0 Å². The summed E-state index contributed by atoms with van der Waals surface area (Å²) < 4.78 is 24.1. The van der Waals surface area contributed by atoms with Crippen molar-refractivity contribution in [3.05, 3.63) is 30.3 Å². The summed E-state index contributed by atoms with van der Waals surface area (Å²) in [4.78, 5) is 12.0. The van der Waals surface area contributed by atoms with E-state index in [0.717, 1.165) is 6.54 Å². The highest BCUT2D eigenvalue weighted by Crippen LogP contribution is 2.11. The first-order valence-corrected chi connectivity index (χ1v) is 8.60. The summed E-state index contributed by atoms with van der Waals surface area (Å²) in [5.41, 5.74) is 0. The molecule has 2 atom stereocenters. The first kappa shape index (κ1) is 15.9. The number of aliphatic hydroxyl groups is 1. The van der Waals surface area contributed by atoms with E-state index in [-0.39, 0.29) is 29.0 Å². The van der Waals surface area contributed by atoms with Crippen molar-refractivity contribution in [3.8, 4) is 0 Å². The SMILES string of the molecule is O=C(CCS(=O)(=O)c1ccccc1)N[C@@H]1CCNC[C@H]1O. The second-order valence-electron chi connectivity index (χ2n) is 5.12. The number of sulfone groups is 1. The highest BCUT2D eigenvalue weighted by molar-refractivity contribution is 7.91. The molecule has 0 spiro atoms. The number of piperidine rings is 1. The summed E-state index contributed by atoms with van der Waals surface area (Å²) in [6, 6.07) is 7.77. The number of benzene rings is 1. The summed E-state index contributed by atoms with van der Waals surface area (Å²) >= 11 is 0. The third kappa shape index (κ3) is 4.52. The second-order valence-corrected chi connectivity index (χ2v) is 7.23. The van der Waals surface area contributed by atoms with Gasteiger partial charge in [0.05, 0.1) is 22.8 Å². The molecular weight excluding hydrogens is 292 g/mol. The van der Waals surface area contributed by atoms with Crippen LogP contribution in [0.2, 0.25) is 0 Å². The number of β-amino-alcohol motifs (C(OH)–C–C–N with tert-alkyl or cyclic N) is 1. The maximum Gasteiger partial charge on any atom is 0.221 e. The molecule has 3 N–H and O–H groups in total. The highest BCUT2D eigenvalue weighted by Gasteiger charge is 2.25. The molecule has 0 bridgehead atoms. The van der Waals surface area contributed by atoms with Crippen molar-refractivity contribution in [1.82, 2.24) is 10.6 Å². The van der Waals surface area contributed by atoms with E-state index in [1.165, 1.54) is 12.1 Å². The van der Waals surface area contributed by atoms with Crippen molar-refractivity contribution >= 4 is 15.7 Å². The van der Waals surface area contributed by atoms with Gasteiger partial charge in [-0.2, -0.15) is 0 Å². The lowest BCUT2D eigenvalue weighted by Gasteiger charge is -2.29. The fraction of sp³-hybridized carbons (Fsp3) is 0.500. The number of nitrogens with one attached hydrogen (secondary N) is 2. The lowest BCUT2D eigenvalue weighted by molar-refractivity contribution is -0.122. The van der Waals surface area contributed by atoms with E-state index in [1.807, 2.05) is 0 Å². The van der Waals surface area contributed by atoms with Crippen LogP contribution in [0.3, 0.4) is 0 Å². The Morgan fingerprint density at radius 3 is 2.71 bits per heavy atom. The standard InChI is InChI=1S/C14H20N2O4S/c17-13-10-15-8-6-12(13)16-14(18)7-9-21(19,20)11-4-2-1-3-5-11/h1-5,12-13,15,17H,6-10H2,(H,16,18)/t12-,13-/m1/s1. The maximum absolute atomic E-state index is 12.1. The van der Waals surface area contributed by atoms with Gasteiger partial charge in [-0.3, -0.25) is 4.79 Å². The zero-order chi connectivity index (χ0) is 15.3. The number of carbonyl (C=O) groups excluding carboxylic acids is 1. The molecule has 1 fully saturated rings. The van der Waals surface area contributed by atoms with Gasteiger partial charge >= 0.3 is 0 Å². The Morgan fingerprint density at radius 1 is 1.33 bits per heavy atom. The largest absolute Gasteiger partial charge is 0.390 e. The fourth-order valence-electron chi connectivity index (χ4n) is 2.26. The van der Waals surface area contributed by atoms with Crippen LogP contribution < -0.4 is 10.6 Å². The molecule has 0 saturated carbocycles. The maximum atomic E-state index is 12.1. The molecule has 1 aromatic rings. The van der Waals surface area contributed by atoms with E-state index in [2.05, 4.69) is 10.6 Å². The van der Waals surface area contributed by atoms with Gasteiger partial charge in [0.2, 0.25) is 5.91 Å². The molecule has 2 rings (SSSR count). The normalized spacial score (nSPS) is 22.7. The highest BCUT2D eigenvalue weighted by atomic mass is 32.2. The van der Waals surface area contributed by atoms with Crippen LogP contribution >= 0.6 is 0 Å². The van der Waals surface area contributed by atoms with Crippen LogP contribution in [0.5, 0.6) is 0 Å². The second kappa shape index (κ2) is 7.02. The minimum absolute atomic E-state index is 0.103. The van der Waals surface area contributed by atoms with Crippen molar-refractivity contribution in [2.45, 2.75) is 29.9 Å². The van der Waals surface area contributed by atoms with Gasteiger partial charge in [-0.05, 0) is 25.1 Å². The zero-order valence-corrected chi connectivity index (χ0v) is 12.5. The topological polar surface area (TPSA) is 95.5 Å². The van der Waals surface area contributed by atoms with Gasteiger partial charge in [-0.15, -0.1) is 0 Å². The van der Waals surface area contributed by atoms with Crippen molar-refractivity contribution < 1.29 is 18.3 Å². The first-order chi connectivity index (χ1) is 9.99. The molecule has 0 unspecified atom stereocenters. The summed E-state index contributed by atoms with van der Waals surface area (Å²) in [5, 5.41) is 15.4. The molecule has 1 aliphatic heterocycles. The third-order valence-corrected chi connectivity index (χ3v) is 5.23. The molecule has 1 saturated heterocycles. The van der Waals surface area contributed by atoms with Gasteiger partial charge in [0.15, 0.2) is 9.84 Å². The Balaban J connectivity index is 1.86. The van der Waals surface area contributed by atoms with Crippen molar-refractivity contribution in [2.24, 2.45) is 0 Å². The van der Waals surface area contributed by atoms with Crippen LogP contribution in [-0.2, 0) is 14.6 Å². The van der Waals surface area contributed by atoms with Gasteiger partial charge < -0.3 is 15.7 Å². The van der Waals surface area contributed by atoms with Crippen molar-refractivity contribution in [2.75, 3.05) is 18.8 Å². The van der Waals surface area contributed by atoms with Crippen LogP contribution in [0.1, 0.15) is 12.8 Å². The number of rotatable bonds is 5. The quantitative estimate of drug-likeness (QED) is 0.693. The molecule has 1 heterocycles. The summed E-state index contributed by atoms with van der Waals surface area (Å²) in [6.45, 7) is 1.16. The smallest absolute Gasteiger partial charge is 0.221 e. The van der Waals surface area contributed by atoms with E-state index in [1.54, 1.807) is 18.2 Å². The predicted octanol–water partition coefficient (Wildman–Crippen LogP) is -0.311. The Morgan fingerprint density at radius 2 is 2.05 bits per heavy atom. The predicted molar refractivity (Wildman–Crippen MR) is 78.5 cm³/mol. The molecule has 7 heteroatoms. The summed E-state index contributed by atoms with van der Waals surface area (Å²) in [5.74, 6) is -0.579. The number of amides is 1. The molecular formula is C14H20N2O4S. The Hall–Kier alpha value is -1.44. The minimum Gasteiger partial charge on any atom is -0.390 e. The van der Waals surface area contributed by atoms with Gasteiger partial charge in [0.25, 0.3) is 0 Å². The molecule has 1 amide bonds. The summed E-state index contributed by atoms with van der Waals surface area (Å²) in [7, 11) is -3.45. The molecule has 0 aliphatic carbocycles. The number of carbonyl (C=O) groups is 1. The Labute approximate surface area is 124 Å². The molecule has 116 valence electrons. The lowest BCUT2D eigenvalue weighted by atomic mass is 10.0. The van der Waals surface area contributed by atoms with Gasteiger partial charge in [0.1, 0.15) is 0 Å². The first-order valence-electron chi connectivity index (χ1n) is 6.95. The minimum atomic E-state index is -3.45. The molecule has 1 aliphatic rings.